The Morgan fingerprint density at radius 3 is 2.32 bits per heavy atom. The lowest BCUT2D eigenvalue weighted by Crippen LogP contribution is -2.33. The van der Waals surface area contributed by atoms with Gasteiger partial charge in [-0.3, -0.25) is 4.90 Å². The van der Waals surface area contributed by atoms with Crippen LogP contribution in [0.15, 0.2) is 76.7 Å². The minimum absolute atomic E-state index is 0.0413. The van der Waals surface area contributed by atoms with Gasteiger partial charge in [-0.05, 0) is 92.7 Å². The molecule has 0 bridgehead atoms. The van der Waals surface area contributed by atoms with Gasteiger partial charge in [-0.15, -0.1) is 0 Å². The van der Waals surface area contributed by atoms with E-state index >= 15 is 0 Å². The normalized spacial score (nSPS) is 17.2. The molecule has 7 nitrogen and oxygen atoms in total. The summed E-state index contributed by atoms with van der Waals surface area (Å²) in [7, 11) is -7.56. The van der Waals surface area contributed by atoms with Gasteiger partial charge in [0.15, 0.2) is 0 Å². The molecule has 1 atom stereocenters. The quantitative estimate of drug-likeness (QED) is 0.356. The molecule has 0 spiro atoms. The van der Waals surface area contributed by atoms with Crippen LogP contribution in [0, 0.1) is 20.8 Å². The van der Waals surface area contributed by atoms with Crippen molar-refractivity contribution in [3.63, 3.8) is 0 Å². The number of sulfonamides is 1. The Morgan fingerprint density at radius 1 is 0.868 bits per heavy atom. The summed E-state index contributed by atoms with van der Waals surface area (Å²) in [6.45, 7) is 7.43. The summed E-state index contributed by atoms with van der Waals surface area (Å²) in [5.41, 5.74) is 5.70. The first-order valence-electron chi connectivity index (χ1n) is 12.8. The van der Waals surface area contributed by atoms with E-state index in [0.717, 1.165) is 59.0 Å². The lowest BCUT2D eigenvalue weighted by molar-refractivity contribution is 0.140. The number of nitrogens with zero attached hydrogens (tertiary/aromatic N) is 2. The van der Waals surface area contributed by atoms with Crippen molar-refractivity contribution >= 4 is 30.9 Å². The van der Waals surface area contributed by atoms with Crippen molar-refractivity contribution in [3.05, 3.63) is 94.7 Å². The molecular formula is C29H33N3O4S2. The molecule has 1 fully saturated rings. The van der Waals surface area contributed by atoms with Crippen molar-refractivity contribution in [2.75, 3.05) is 6.54 Å². The van der Waals surface area contributed by atoms with Gasteiger partial charge in [0, 0.05) is 24.2 Å². The molecular weight excluding hydrogens is 518 g/mol. The highest BCUT2D eigenvalue weighted by Gasteiger charge is 2.27. The zero-order chi connectivity index (χ0) is 27.2. The predicted octanol–water partition coefficient (Wildman–Crippen LogP) is 5.18. The third-order valence-electron chi connectivity index (χ3n) is 7.58. The Morgan fingerprint density at radius 2 is 1.61 bits per heavy atom. The fraction of sp³-hybridized carbons (Fsp3) is 0.310. The summed E-state index contributed by atoms with van der Waals surface area (Å²) >= 11 is 0. The van der Waals surface area contributed by atoms with E-state index in [0.29, 0.717) is 12.1 Å². The van der Waals surface area contributed by atoms with Crippen molar-refractivity contribution in [1.82, 2.24) is 8.87 Å². The molecule has 1 unspecified atom stereocenters. The Bertz CT molecular complexity index is 1720. The fourth-order valence-electron chi connectivity index (χ4n) is 5.63. The first-order valence-corrected chi connectivity index (χ1v) is 15.7. The maximum atomic E-state index is 13.6. The van der Waals surface area contributed by atoms with Gasteiger partial charge in [-0.1, -0.05) is 42.3 Å². The van der Waals surface area contributed by atoms with Crippen LogP contribution in [0.1, 0.15) is 53.1 Å². The number of aromatic nitrogens is 1. The van der Waals surface area contributed by atoms with E-state index in [9.17, 15) is 16.8 Å². The third-order valence-corrected chi connectivity index (χ3v) is 10.2. The minimum Gasteiger partial charge on any atom is -0.292 e. The number of likely N-dealkylation sites (tertiary alicyclic amines) is 1. The first kappa shape index (κ1) is 26.6. The summed E-state index contributed by atoms with van der Waals surface area (Å²) in [4.78, 5) is 2.75. The number of nitrogens with two attached hydrogens (primary N) is 1. The molecule has 3 aromatic carbocycles. The molecule has 2 N–H and O–H groups in total. The van der Waals surface area contributed by atoms with Gasteiger partial charge < -0.3 is 0 Å². The zero-order valence-corrected chi connectivity index (χ0v) is 23.5. The number of hydrogen-bond donors (Lipinski definition) is 1. The fourth-order valence-corrected chi connectivity index (χ4v) is 7.61. The maximum Gasteiger partial charge on any atom is 0.268 e. The van der Waals surface area contributed by atoms with Crippen LogP contribution < -0.4 is 5.14 Å². The van der Waals surface area contributed by atoms with Crippen molar-refractivity contribution in [1.29, 1.82) is 0 Å². The van der Waals surface area contributed by atoms with E-state index in [1.54, 1.807) is 30.5 Å². The molecule has 0 radical (unpaired) electrons. The molecule has 0 aliphatic carbocycles. The van der Waals surface area contributed by atoms with Crippen LogP contribution in [-0.4, -0.2) is 32.3 Å². The van der Waals surface area contributed by atoms with Gasteiger partial charge >= 0.3 is 0 Å². The maximum absolute atomic E-state index is 13.6. The molecule has 38 heavy (non-hydrogen) atoms. The number of hydrogen-bond acceptors (Lipinski definition) is 5. The smallest absolute Gasteiger partial charge is 0.268 e. The van der Waals surface area contributed by atoms with E-state index in [2.05, 4.69) is 17.9 Å². The molecule has 9 heteroatoms. The van der Waals surface area contributed by atoms with Gasteiger partial charge in [0.05, 0.1) is 15.3 Å². The molecule has 0 amide bonds. The second-order valence-electron chi connectivity index (χ2n) is 10.3. The standard InChI is InChI=1S/C29H33N3O4S2/c1-20-10-12-24(13-11-20)38(35,36)32-16-14-26-27(21(2)17-22(3)29(26)32)19-31-15-5-4-9-28(31)23-7-6-8-25(18-23)37(30,33)34/h6-8,10-14,16-18,28H,4-5,9,15,19H2,1-3H3,(H2,30,33,34). The van der Waals surface area contributed by atoms with Crippen LogP contribution in [0.25, 0.3) is 10.9 Å². The van der Waals surface area contributed by atoms with Gasteiger partial charge in [0.25, 0.3) is 10.0 Å². The summed E-state index contributed by atoms with van der Waals surface area (Å²) in [5.74, 6) is 0. The molecule has 1 aliphatic rings. The van der Waals surface area contributed by atoms with E-state index in [-0.39, 0.29) is 15.8 Å². The van der Waals surface area contributed by atoms with Crippen molar-refractivity contribution in [2.24, 2.45) is 5.14 Å². The highest BCUT2D eigenvalue weighted by Crippen LogP contribution is 2.36. The number of piperidine rings is 1. The lowest BCUT2D eigenvalue weighted by Gasteiger charge is -2.36. The van der Waals surface area contributed by atoms with E-state index in [4.69, 9.17) is 5.14 Å². The number of benzene rings is 3. The average molecular weight is 552 g/mol. The monoisotopic (exact) mass is 551 g/mol. The zero-order valence-electron chi connectivity index (χ0n) is 21.9. The molecule has 5 rings (SSSR count). The number of fused-ring (bicyclic) bond motifs is 1. The number of rotatable bonds is 6. The van der Waals surface area contributed by atoms with E-state index in [1.165, 1.54) is 10.0 Å². The van der Waals surface area contributed by atoms with Crippen molar-refractivity contribution in [2.45, 2.75) is 62.4 Å². The molecule has 4 aromatic rings. The van der Waals surface area contributed by atoms with Gasteiger partial charge in [-0.2, -0.15) is 0 Å². The highest BCUT2D eigenvalue weighted by atomic mass is 32.2. The molecule has 2 heterocycles. The Balaban J connectivity index is 1.56. The lowest BCUT2D eigenvalue weighted by atomic mass is 9.93. The highest BCUT2D eigenvalue weighted by molar-refractivity contribution is 7.90. The van der Waals surface area contributed by atoms with Crippen molar-refractivity contribution in [3.8, 4) is 0 Å². The number of primary sulfonamides is 1. The molecule has 0 saturated carbocycles. The molecule has 1 aromatic heterocycles. The minimum atomic E-state index is -3.80. The van der Waals surface area contributed by atoms with Crippen LogP contribution in [0.5, 0.6) is 0 Å². The van der Waals surface area contributed by atoms with Crippen LogP contribution in [0.4, 0.5) is 0 Å². The summed E-state index contributed by atoms with van der Waals surface area (Å²) < 4.78 is 52.6. The Hall–Kier alpha value is -2.98. The topological polar surface area (TPSA) is 102 Å². The van der Waals surface area contributed by atoms with Gasteiger partial charge in [-0.25, -0.2) is 25.9 Å². The van der Waals surface area contributed by atoms with E-state index < -0.39 is 20.0 Å². The van der Waals surface area contributed by atoms with Crippen LogP contribution in [-0.2, 0) is 26.6 Å². The Kier molecular flexibility index (Phi) is 6.98. The number of aryl methyl sites for hydroxylation is 3. The van der Waals surface area contributed by atoms with Crippen LogP contribution >= 0.6 is 0 Å². The van der Waals surface area contributed by atoms with Crippen LogP contribution in [0.2, 0.25) is 0 Å². The molecule has 1 aliphatic heterocycles. The third kappa shape index (κ3) is 4.91. The van der Waals surface area contributed by atoms with Gasteiger partial charge in [0.2, 0.25) is 10.0 Å². The first-order chi connectivity index (χ1) is 18.0. The summed E-state index contributed by atoms with van der Waals surface area (Å²) in [6, 6.07) is 17.8. The molecule has 200 valence electrons. The van der Waals surface area contributed by atoms with E-state index in [1.807, 2.05) is 38.1 Å². The predicted molar refractivity (Wildman–Crippen MR) is 150 cm³/mol. The van der Waals surface area contributed by atoms with Crippen molar-refractivity contribution < 1.29 is 16.8 Å². The summed E-state index contributed by atoms with van der Waals surface area (Å²) in [5, 5.41) is 6.32. The van der Waals surface area contributed by atoms with Gasteiger partial charge in [0.1, 0.15) is 0 Å². The van der Waals surface area contributed by atoms with Crippen LogP contribution in [0.3, 0.4) is 0 Å². The Labute approximate surface area is 225 Å². The molecule has 1 saturated heterocycles. The SMILES string of the molecule is Cc1ccc(S(=O)(=O)n2ccc3c(CN4CCCCC4c4cccc(S(N)(=O)=O)c4)c(C)cc(C)c32)cc1. The summed E-state index contributed by atoms with van der Waals surface area (Å²) in [6.07, 6.45) is 4.65. The average Bonchev–Trinajstić information content (AvgIpc) is 3.33. The second-order valence-corrected chi connectivity index (χ2v) is 13.7. The largest absolute Gasteiger partial charge is 0.292 e. The second kappa shape index (κ2) is 9.96.